The molecule has 1 amide bonds. The van der Waals surface area contributed by atoms with Crippen LogP contribution >= 0.6 is 0 Å². The highest BCUT2D eigenvalue weighted by molar-refractivity contribution is 5.84. The average molecular weight is 522 g/mol. The summed E-state index contributed by atoms with van der Waals surface area (Å²) < 4.78 is 44.6. The number of carbonyl (C=O) groups is 1. The molecule has 38 heavy (non-hydrogen) atoms. The Labute approximate surface area is 213 Å². The molecule has 1 atom stereocenters. The molecule has 1 aliphatic rings. The minimum absolute atomic E-state index is 0.0108. The molecule has 12 heteroatoms. The average Bonchev–Trinajstić information content (AvgIpc) is 3.62. The van der Waals surface area contributed by atoms with E-state index in [-0.39, 0.29) is 19.4 Å². The lowest BCUT2D eigenvalue weighted by atomic mass is 10.1. The second kappa shape index (κ2) is 8.82. The zero-order valence-electron chi connectivity index (χ0n) is 20.3. The van der Waals surface area contributed by atoms with Crippen molar-refractivity contribution in [2.24, 2.45) is 0 Å². The first-order chi connectivity index (χ1) is 18.2. The number of para-hydroxylation sites is 1. The van der Waals surface area contributed by atoms with Crippen LogP contribution in [0.15, 0.2) is 66.0 Å². The molecule has 1 saturated heterocycles. The second-order valence-electron chi connectivity index (χ2n) is 9.28. The fraction of sp³-hybridized carbons (Fsp3) is 0.269. The number of rotatable bonds is 4. The summed E-state index contributed by atoms with van der Waals surface area (Å²) in [5, 5.41) is 4.29. The zero-order valence-corrected chi connectivity index (χ0v) is 20.3. The topological polar surface area (TPSA) is 90.3 Å². The molecule has 0 saturated carbocycles. The summed E-state index contributed by atoms with van der Waals surface area (Å²) in [5.41, 5.74) is 3.37. The molecule has 1 aromatic carbocycles. The molecule has 6 rings (SSSR count). The van der Waals surface area contributed by atoms with E-state index in [9.17, 15) is 22.8 Å². The molecule has 194 valence electrons. The van der Waals surface area contributed by atoms with Crippen LogP contribution in [0.5, 0.6) is 0 Å². The van der Waals surface area contributed by atoms with Gasteiger partial charge in [0.25, 0.3) is 0 Å². The Bertz CT molecular complexity index is 1730. The smallest absolute Gasteiger partial charge is 0.329 e. The summed E-state index contributed by atoms with van der Waals surface area (Å²) in [6.45, 7) is 1.34. The summed E-state index contributed by atoms with van der Waals surface area (Å²) in [7, 11) is 0. The normalized spacial score (nSPS) is 16.1. The highest BCUT2D eigenvalue weighted by Gasteiger charge is 2.47. The number of hydrogen-bond acceptors (Lipinski definition) is 5. The van der Waals surface area contributed by atoms with E-state index in [2.05, 4.69) is 15.1 Å². The van der Waals surface area contributed by atoms with Gasteiger partial charge in [0.2, 0.25) is 5.91 Å². The van der Waals surface area contributed by atoms with Gasteiger partial charge in [-0.15, -0.1) is 0 Å². The van der Waals surface area contributed by atoms with Gasteiger partial charge in [-0.05, 0) is 49.6 Å². The third-order valence-electron chi connectivity index (χ3n) is 6.96. The van der Waals surface area contributed by atoms with Gasteiger partial charge in [0.05, 0.1) is 17.2 Å². The number of imidazole rings is 1. The second-order valence-corrected chi connectivity index (χ2v) is 9.28. The van der Waals surface area contributed by atoms with Gasteiger partial charge in [-0.3, -0.25) is 9.36 Å². The van der Waals surface area contributed by atoms with Crippen molar-refractivity contribution in [1.29, 1.82) is 0 Å². The third-order valence-corrected chi connectivity index (χ3v) is 6.96. The minimum Gasteiger partial charge on any atom is -0.329 e. The van der Waals surface area contributed by atoms with E-state index in [1.807, 2.05) is 13.0 Å². The van der Waals surface area contributed by atoms with Gasteiger partial charge in [-0.25, -0.2) is 23.8 Å². The first kappa shape index (κ1) is 23.9. The van der Waals surface area contributed by atoms with E-state index in [1.165, 1.54) is 9.13 Å². The number of benzene rings is 1. The fourth-order valence-corrected chi connectivity index (χ4v) is 5.18. The van der Waals surface area contributed by atoms with Crippen molar-refractivity contribution in [2.45, 2.75) is 38.5 Å². The van der Waals surface area contributed by atoms with Crippen molar-refractivity contribution < 1.29 is 18.0 Å². The number of hydrogen-bond donors (Lipinski definition) is 0. The van der Waals surface area contributed by atoms with Crippen molar-refractivity contribution in [3.63, 3.8) is 0 Å². The highest BCUT2D eigenvalue weighted by Crippen LogP contribution is 2.33. The number of likely N-dealkylation sites (tertiary alicyclic amines) is 1. The van der Waals surface area contributed by atoms with E-state index < -0.39 is 30.4 Å². The number of halogens is 3. The molecule has 4 aromatic heterocycles. The highest BCUT2D eigenvalue weighted by atomic mass is 19.4. The van der Waals surface area contributed by atoms with Gasteiger partial charge < -0.3 is 4.90 Å². The molecule has 5 aromatic rings. The molecule has 1 aliphatic heterocycles. The van der Waals surface area contributed by atoms with Crippen molar-refractivity contribution in [1.82, 2.24) is 33.6 Å². The van der Waals surface area contributed by atoms with Crippen molar-refractivity contribution >= 4 is 22.6 Å². The van der Waals surface area contributed by atoms with E-state index >= 15 is 0 Å². The van der Waals surface area contributed by atoms with Crippen molar-refractivity contribution in [3.05, 3.63) is 77.2 Å². The Balaban J connectivity index is 1.40. The van der Waals surface area contributed by atoms with Gasteiger partial charge in [0.15, 0.2) is 5.65 Å². The first-order valence-electron chi connectivity index (χ1n) is 12.1. The Kier molecular flexibility index (Phi) is 5.55. The van der Waals surface area contributed by atoms with E-state index in [0.717, 1.165) is 21.6 Å². The molecule has 1 unspecified atom stereocenters. The summed E-state index contributed by atoms with van der Waals surface area (Å²) in [6.07, 6.45) is 2.36. The van der Waals surface area contributed by atoms with Gasteiger partial charge in [-0.1, -0.05) is 12.1 Å². The van der Waals surface area contributed by atoms with Crippen LogP contribution in [-0.2, 0) is 11.3 Å². The van der Waals surface area contributed by atoms with E-state index in [0.29, 0.717) is 22.5 Å². The maximum atomic E-state index is 13.6. The van der Waals surface area contributed by atoms with Crippen LogP contribution in [0.2, 0.25) is 0 Å². The monoisotopic (exact) mass is 521 g/mol. The van der Waals surface area contributed by atoms with Gasteiger partial charge >= 0.3 is 11.9 Å². The third kappa shape index (κ3) is 3.83. The lowest BCUT2D eigenvalue weighted by Gasteiger charge is -2.26. The number of aromatic nitrogens is 6. The summed E-state index contributed by atoms with van der Waals surface area (Å²) in [5.74, 6) is -0.417. The Morgan fingerprint density at radius 2 is 1.95 bits per heavy atom. The van der Waals surface area contributed by atoms with Crippen LogP contribution in [0.1, 0.15) is 18.4 Å². The molecular formula is C26H22F3N7O2. The molecule has 5 heterocycles. The number of aryl methyl sites for hydroxylation is 1. The number of nitrogens with zero attached hydrogens (tertiary/aromatic N) is 7. The van der Waals surface area contributed by atoms with Crippen LogP contribution in [0.3, 0.4) is 0 Å². The van der Waals surface area contributed by atoms with Crippen LogP contribution in [-0.4, -0.2) is 58.3 Å². The molecule has 0 radical (unpaired) electrons. The quantitative estimate of drug-likeness (QED) is 0.359. The first-order valence-corrected chi connectivity index (χ1v) is 12.1. The van der Waals surface area contributed by atoms with Crippen LogP contribution in [0, 0.1) is 6.92 Å². The molecule has 1 fully saturated rings. The van der Waals surface area contributed by atoms with Crippen molar-refractivity contribution in [3.8, 4) is 16.9 Å². The maximum Gasteiger partial charge on any atom is 0.408 e. The molecule has 0 spiro atoms. The molecule has 9 nitrogen and oxygen atoms in total. The lowest BCUT2D eigenvalue weighted by Crippen LogP contribution is -2.46. The molecule has 0 N–H and O–H groups in total. The number of pyridine rings is 1. The Hall–Kier alpha value is -4.48. The summed E-state index contributed by atoms with van der Waals surface area (Å²) in [6, 6.07) is 8.66. The largest absolute Gasteiger partial charge is 0.408 e. The predicted octanol–water partition coefficient (Wildman–Crippen LogP) is 3.76. The lowest BCUT2D eigenvalue weighted by molar-refractivity contribution is -0.182. The van der Waals surface area contributed by atoms with Gasteiger partial charge in [0, 0.05) is 36.3 Å². The SMILES string of the molecule is Cc1cccc2c1n(-c1ccc(-c3cnn4cccnc34)cn1)c(=O)n2CC(=O)N1CCCC1C(F)(F)F. The maximum absolute atomic E-state index is 13.6. The van der Waals surface area contributed by atoms with Crippen LogP contribution in [0.25, 0.3) is 33.6 Å². The minimum atomic E-state index is -4.51. The molecular weight excluding hydrogens is 499 g/mol. The van der Waals surface area contributed by atoms with Gasteiger partial charge in [-0.2, -0.15) is 18.3 Å². The Morgan fingerprint density at radius 1 is 1.11 bits per heavy atom. The predicted molar refractivity (Wildman–Crippen MR) is 133 cm³/mol. The van der Waals surface area contributed by atoms with Crippen LogP contribution in [0.4, 0.5) is 13.2 Å². The summed E-state index contributed by atoms with van der Waals surface area (Å²) in [4.78, 5) is 36.3. The zero-order chi connectivity index (χ0) is 26.6. The molecule has 0 bridgehead atoms. The number of alkyl halides is 3. The van der Waals surface area contributed by atoms with Gasteiger partial charge in [0.1, 0.15) is 18.4 Å². The molecule has 0 aliphatic carbocycles. The number of carbonyl (C=O) groups excluding carboxylic acids is 1. The van der Waals surface area contributed by atoms with Crippen molar-refractivity contribution in [2.75, 3.05) is 6.54 Å². The standard InChI is InChI=1S/C26H22F3N7O2/c1-16-5-2-6-19-23(16)36(25(38)34(19)15-22(37)33-11-3-7-20(33)26(27,28)29)21-9-8-17(13-31-21)18-14-32-35-12-4-10-30-24(18)35/h2,4-6,8-10,12-14,20H,3,7,11,15H2,1H3. The Morgan fingerprint density at radius 3 is 2.71 bits per heavy atom. The number of amides is 1. The van der Waals surface area contributed by atoms with Crippen LogP contribution < -0.4 is 5.69 Å². The number of fused-ring (bicyclic) bond motifs is 2. The van der Waals surface area contributed by atoms with E-state index in [1.54, 1.807) is 59.6 Å². The summed E-state index contributed by atoms with van der Waals surface area (Å²) >= 11 is 0. The van der Waals surface area contributed by atoms with E-state index in [4.69, 9.17) is 0 Å². The fourth-order valence-electron chi connectivity index (χ4n) is 5.18.